The molecule has 0 spiro atoms. The Morgan fingerprint density at radius 3 is 2.65 bits per heavy atom. The quantitative estimate of drug-likeness (QED) is 0.749. The van der Waals surface area contributed by atoms with Crippen LogP contribution < -0.4 is 5.32 Å². The summed E-state index contributed by atoms with van der Waals surface area (Å²) in [5.74, 6) is 0. The van der Waals surface area contributed by atoms with Crippen LogP contribution in [0.5, 0.6) is 0 Å². The maximum atomic E-state index is 12.0. The van der Waals surface area contributed by atoms with Crippen molar-refractivity contribution in [2.45, 2.75) is 25.8 Å². The normalized spacial score (nSPS) is 24.6. The van der Waals surface area contributed by atoms with Gasteiger partial charge in [0.2, 0.25) is 0 Å². The van der Waals surface area contributed by atoms with Gasteiger partial charge in [-0.05, 0) is 26.3 Å². The average molecular weight is 285 g/mol. The molecule has 2 saturated heterocycles. The minimum absolute atomic E-state index is 0.0483. The summed E-state index contributed by atoms with van der Waals surface area (Å²) in [4.78, 5) is 16.3. The molecule has 6 heteroatoms. The first-order valence-electron chi connectivity index (χ1n) is 7.69. The number of carbonyl (C=O) groups is 1. The smallest absolute Gasteiger partial charge is 0.317 e. The predicted octanol–water partition coefficient (Wildman–Crippen LogP) is 0.529. The van der Waals surface area contributed by atoms with Crippen LogP contribution in [0.4, 0.5) is 4.79 Å². The highest BCUT2D eigenvalue weighted by atomic mass is 16.5. The van der Waals surface area contributed by atoms with E-state index in [4.69, 9.17) is 9.47 Å². The van der Waals surface area contributed by atoms with Gasteiger partial charge >= 0.3 is 6.03 Å². The highest BCUT2D eigenvalue weighted by Gasteiger charge is 2.23. The fourth-order valence-electron chi connectivity index (χ4n) is 2.61. The first kappa shape index (κ1) is 15.5. The fraction of sp³-hybridized carbons (Fsp3) is 0.929. The Kier molecular flexibility index (Phi) is 6.56. The van der Waals surface area contributed by atoms with Crippen molar-refractivity contribution in [3.8, 4) is 0 Å². The van der Waals surface area contributed by atoms with E-state index in [1.807, 2.05) is 11.8 Å². The summed E-state index contributed by atoms with van der Waals surface area (Å²) in [6, 6.07) is 0.226. The average Bonchev–Trinajstić information content (AvgIpc) is 2.48. The molecule has 6 nitrogen and oxygen atoms in total. The Morgan fingerprint density at radius 2 is 1.90 bits per heavy atom. The fourth-order valence-corrected chi connectivity index (χ4v) is 2.61. The van der Waals surface area contributed by atoms with Crippen LogP contribution in [0.1, 0.15) is 19.8 Å². The van der Waals surface area contributed by atoms with Gasteiger partial charge in [0, 0.05) is 26.2 Å². The van der Waals surface area contributed by atoms with Crippen molar-refractivity contribution < 1.29 is 14.3 Å². The molecule has 0 radical (unpaired) electrons. The zero-order chi connectivity index (χ0) is 14.2. The van der Waals surface area contributed by atoms with Crippen LogP contribution in [0.3, 0.4) is 0 Å². The third-order valence-electron chi connectivity index (χ3n) is 3.91. The summed E-state index contributed by atoms with van der Waals surface area (Å²) in [6.07, 6.45) is 2.15. The molecule has 0 aliphatic carbocycles. The van der Waals surface area contributed by atoms with Gasteiger partial charge in [-0.2, -0.15) is 0 Å². The molecular formula is C14H27N3O3. The number of ether oxygens (including phenoxy) is 2. The van der Waals surface area contributed by atoms with Gasteiger partial charge in [0.05, 0.1) is 32.5 Å². The lowest BCUT2D eigenvalue weighted by atomic mass is 10.2. The molecule has 116 valence electrons. The van der Waals surface area contributed by atoms with Crippen molar-refractivity contribution in [2.24, 2.45) is 0 Å². The second-order valence-corrected chi connectivity index (χ2v) is 5.51. The Balaban J connectivity index is 1.52. The lowest BCUT2D eigenvalue weighted by Crippen LogP contribution is -2.51. The lowest BCUT2D eigenvalue weighted by Gasteiger charge is -2.33. The molecule has 1 unspecified atom stereocenters. The van der Waals surface area contributed by atoms with Crippen LogP contribution >= 0.6 is 0 Å². The second-order valence-electron chi connectivity index (χ2n) is 5.51. The molecule has 20 heavy (non-hydrogen) atoms. The Labute approximate surface area is 121 Å². The van der Waals surface area contributed by atoms with Gasteiger partial charge in [0.25, 0.3) is 0 Å². The summed E-state index contributed by atoms with van der Waals surface area (Å²) < 4.78 is 10.7. The summed E-state index contributed by atoms with van der Waals surface area (Å²) in [5.41, 5.74) is 0. The van der Waals surface area contributed by atoms with E-state index in [1.54, 1.807) is 0 Å². The minimum atomic E-state index is 0.0483. The van der Waals surface area contributed by atoms with E-state index in [0.29, 0.717) is 19.8 Å². The molecule has 2 rings (SSSR count). The van der Waals surface area contributed by atoms with Crippen molar-refractivity contribution in [1.82, 2.24) is 15.1 Å². The molecule has 2 heterocycles. The number of carbonyl (C=O) groups excluding carboxylic acids is 1. The van der Waals surface area contributed by atoms with E-state index in [-0.39, 0.29) is 12.1 Å². The molecule has 0 aromatic rings. The molecular weight excluding hydrogens is 258 g/mol. The number of amides is 2. The number of rotatable bonds is 5. The van der Waals surface area contributed by atoms with E-state index in [9.17, 15) is 4.79 Å². The minimum Gasteiger partial charge on any atom is -0.379 e. The number of hydrogen-bond donors (Lipinski definition) is 1. The van der Waals surface area contributed by atoms with Crippen molar-refractivity contribution in [3.05, 3.63) is 0 Å². The van der Waals surface area contributed by atoms with Gasteiger partial charge in [-0.3, -0.25) is 4.90 Å². The molecule has 2 aliphatic rings. The van der Waals surface area contributed by atoms with Crippen LogP contribution in [0.25, 0.3) is 0 Å². The van der Waals surface area contributed by atoms with Crippen LogP contribution in [-0.4, -0.2) is 81.0 Å². The maximum Gasteiger partial charge on any atom is 0.317 e. The molecule has 1 N–H and O–H groups in total. The third-order valence-corrected chi connectivity index (χ3v) is 3.91. The lowest BCUT2D eigenvalue weighted by molar-refractivity contribution is 0.0190. The molecule has 0 saturated carbocycles. The van der Waals surface area contributed by atoms with Crippen LogP contribution in [0.15, 0.2) is 0 Å². The summed E-state index contributed by atoms with van der Waals surface area (Å²) in [5, 5.41) is 3.01. The van der Waals surface area contributed by atoms with E-state index >= 15 is 0 Å². The second kappa shape index (κ2) is 8.44. The van der Waals surface area contributed by atoms with Crippen LogP contribution in [-0.2, 0) is 9.47 Å². The molecule has 2 amide bonds. The van der Waals surface area contributed by atoms with Gasteiger partial charge in [0.15, 0.2) is 0 Å². The van der Waals surface area contributed by atoms with Crippen molar-refractivity contribution in [1.29, 1.82) is 0 Å². The Hall–Kier alpha value is -0.850. The number of nitrogens with zero attached hydrogens (tertiary/aromatic N) is 2. The number of urea groups is 1. The number of unbranched alkanes of at least 4 members (excludes halogenated alkanes) is 1. The zero-order valence-electron chi connectivity index (χ0n) is 12.5. The predicted molar refractivity (Wildman–Crippen MR) is 76.9 cm³/mol. The standard InChI is InChI=1S/C14H27N3O3/c1-13-12-20-11-8-17(13)14(18)15-4-2-3-5-16-6-9-19-10-7-16/h13H,2-12H2,1H3,(H,15,18). The summed E-state index contributed by atoms with van der Waals surface area (Å²) in [7, 11) is 0. The molecule has 0 bridgehead atoms. The number of nitrogens with one attached hydrogen (secondary N) is 1. The largest absolute Gasteiger partial charge is 0.379 e. The highest BCUT2D eigenvalue weighted by Crippen LogP contribution is 2.06. The van der Waals surface area contributed by atoms with Gasteiger partial charge in [-0.25, -0.2) is 4.79 Å². The van der Waals surface area contributed by atoms with Gasteiger partial charge in [0.1, 0.15) is 0 Å². The van der Waals surface area contributed by atoms with Gasteiger partial charge < -0.3 is 19.7 Å². The molecule has 0 aromatic carbocycles. The SMILES string of the molecule is CC1COCCN1C(=O)NCCCCN1CCOCC1. The summed E-state index contributed by atoms with van der Waals surface area (Å²) in [6.45, 7) is 9.66. The first-order valence-corrected chi connectivity index (χ1v) is 7.69. The van der Waals surface area contributed by atoms with E-state index < -0.39 is 0 Å². The summed E-state index contributed by atoms with van der Waals surface area (Å²) >= 11 is 0. The van der Waals surface area contributed by atoms with E-state index in [1.165, 1.54) is 0 Å². The Morgan fingerprint density at radius 1 is 1.15 bits per heavy atom. The molecule has 0 aromatic heterocycles. The van der Waals surface area contributed by atoms with E-state index in [0.717, 1.165) is 52.2 Å². The molecule has 1 atom stereocenters. The van der Waals surface area contributed by atoms with Crippen molar-refractivity contribution in [3.63, 3.8) is 0 Å². The molecule has 2 aliphatic heterocycles. The van der Waals surface area contributed by atoms with Gasteiger partial charge in [-0.1, -0.05) is 0 Å². The number of morpholine rings is 2. The van der Waals surface area contributed by atoms with E-state index in [2.05, 4.69) is 10.2 Å². The van der Waals surface area contributed by atoms with Gasteiger partial charge in [-0.15, -0.1) is 0 Å². The van der Waals surface area contributed by atoms with Crippen LogP contribution in [0.2, 0.25) is 0 Å². The third kappa shape index (κ3) is 4.92. The van der Waals surface area contributed by atoms with Crippen molar-refractivity contribution in [2.75, 3.05) is 59.2 Å². The number of hydrogen-bond acceptors (Lipinski definition) is 4. The zero-order valence-corrected chi connectivity index (χ0v) is 12.5. The monoisotopic (exact) mass is 285 g/mol. The first-order chi connectivity index (χ1) is 9.77. The Bertz CT molecular complexity index is 295. The maximum absolute atomic E-state index is 12.0. The topological polar surface area (TPSA) is 54.0 Å². The van der Waals surface area contributed by atoms with Crippen molar-refractivity contribution >= 4 is 6.03 Å². The highest BCUT2D eigenvalue weighted by molar-refractivity contribution is 5.74. The molecule has 2 fully saturated rings. The van der Waals surface area contributed by atoms with Crippen LogP contribution in [0, 0.1) is 0 Å².